The predicted molar refractivity (Wildman–Crippen MR) is 122 cm³/mol. The van der Waals surface area contributed by atoms with E-state index in [2.05, 4.69) is 30.5 Å². The highest BCUT2D eigenvalue weighted by molar-refractivity contribution is 6.09. The molecule has 6 heteroatoms. The van der Waals surface area contributed by atoms with Crippen LogP contribution in [0.25, 0.3) is 5.70 Å². The fourth-order valence-corrected chi connectivity index (χ4v) is 3.90. The molecule has 0 aromatic heterocycles. The van der Waals surface area contributed by atoms with Gasteiger partial charge in [-0.2, -0.15) is 0 Å². The third-order valence-corrected chi connectivity index (χ3v) is 5.89. The SMILES string of the molecule is CCC1(CC)Cc2ccc(OC)cc2C(=CC(=O)c2ccc(NC(=O)COC)cc2)N1. The Morgan fingerprint density at radius 3 is 2.42 bits per heavy atom. The van der Waals surface area contributed by atoms with E-state index in [4.69, 9.17) is 9.47 Å². The number of hydrogen-bond donors (Lipinski definition) is 2. The molecule has 2 aromatic rings. The van der Waals surface area contributed by atoms with E-state index in [1.807, 2.05) is 12.1 Å². The first kappa shape index (κ1) is 22.6. The fourth-order valence-electron chi connectivity index (χ4n) is 3.90. The highest BCUT2D eigenvalue weighted by atomic mass is 16.5. The average molecular weight is 423 g/mol. The Morgan fingerprint density at radius 2 is 1.81 bits per heavy atom. The number of amides is 1. The summed E-state index contributed by atoms with van der Waals surface area (Å²) in [6, 6.07) is 12.9. The number of hydrogen-bond acceptors (Lipinski definition) is 5. The topological polar surface area (TPSA) is 76.7 Å². The lowest BCUT2D eigenvalue weighted by Gasteiger charge is -2.40. The molecule has 2 aromatic carbocycles. The molecule has 3 rings (SSSR count). The van der Waals surface area contributed by atoms with Gasteiger partial charge in [-0.05, 0) is 61.2 Å². The highest BCUT2D eigenvalue weighted by Crippen LogP contribution is 2.35. The molecule has 31 heavy (non-hydrogen) atoms. The first-order chi connectivity index (χ1) is 14.9. The molecule has 0 fully saturated rings. The van der Waals surface area contributed by atoms with Crippen molar-refractivity contribution >= 4 is 23.1 Å². The van der Waals surface area contributed by atoms with Crippen LogP contribution in [0.2, 0.25) is 0 Å². The lowest BCUT2D eigenvalue weighted by molar-refractivity contribution is -0.119. The second kappa shape index (κ2) is 9.79. The van der Waals surface area contributed by atoms with Crippen LogP contribution in [0.3, 0.4) is 0 Å². The van der Waals surface area contributed by atoms with E-state index in [1.165, 1.54) is 12.7 Å². The Kier molecular flexibility index (Phi) is 7.13. The highest BCUT2D eigenvalue weighted by Gasteiger charge is 2.33. The van der Waals surface area contributed by atoms with E-state index in [1.54, 1.807) is 37.5 Å². The van der Waals surface area contributed by atoms with Gasteiger partial charge in [-0.25, -0.2) is 0 Å². The van der Waals surface area contributed by atoms with Crippen LogP contribution >= 0.6 is 0 Å². The van der Waals surface area contributed by atoms with E-state index in [9.17, 15) is 9.59 Å². The maximum atomic E-state index is 13.0. The third kappa shape index (κ3) is 5.14. The molecule has 0 aliphatic carbocycles. The smallest absolute Gasteiger partial charge is 0.250 e. The first-order valence-corrected chi connectivity index (χ1v) is 10.5. The Bertz CT molecular complexity index is 976. The number of ether oxygens (including phenoxy) is 2. The lowest BCUT2D eigenvalue weighted by atomic mass is 9.79. The molecule has 0 spiro atoms. The van der Waals surface area contributed by atoms with Gasteiger partial charge >= 0.3 is 0 Å². The van der Waals surface area contributed by atoms with Gasteiger partial charge in [-0.1, -0.05) is 19.9 Å². The van der Waals surface area contributed by atoms with Crippen molar-refractivity contribution in [1.82, 2.24) is 5.32 Å². The zero-order valence-electron chi connectivity index (χ0n) is 18.6. The molecule has 6 nitrogen and oxygen atoms in total. The van der Waals surface area contributed by atoms with Gasteiger partial charge in [0.05, 0.1) is 7.11 Å². The van der Waals surface area contributed by atoms with E-state index in [0.29, 0.717) is 11.3 Å². The van der Waals surface area contributed by atoms with Crippen LogP contribution in [0.1, 0.15) is 48.2 Å². The van der Waals surface area contributed by atoms with E-state index in [0.717, 1.165) is 36.3 Å². The van der Waals surface area contributed by atoms with E-state index >= 15 is 0 Å². The van der Waals surface area contributed by atoms with Crippen molar-refractivity contribution in [3.8, 4) is 5.75 Å². The molecule has 2 N–H and O–H groups in total. The van der Waals surface area contributed by atoms with Crippen molar-refractivity contribution in [2.45, 2.75) is 38.6 Å². The molecule has 0 radical (unpaired) electrons. The molecule has 1 heterocycles. The summed E-state index contributed by atoms with van der Waals surface area (Å²) in [5.41, 5.74) is 4.10. The molecule has 0 atom stereocenters. The van der Waals surface area contributed by atoms with Crippen LogP contribution in [0, 0.1) is 0 Å². The third-order valence-electron chi connectivity index (χ3n) is 5.89. The van der Waals surface area contributed by atoms with Gasteiger partial charge in [-0.3, -0.25) is 9.59 Å². The summed E-state index contributed by atoms with van der Waals surface area (Å²) in [4.78, 5) is 24.7. The van der Waals surface area contributed by atoms with Crippen LogP contribution in [-0.2, 0) is 16.0 Å². The largest absolute Gasteiger partial charge is 0.497 e. The van der Waals surface area contributed by atoms with Crippen molar-refractivity contribution in [1.29, 1.82) is 0 Å². The minimum absolute atomic E-state index is 0.0159. The fraction of sp³-hybridized carbons (Fsp3) is 0.360. The second-order valence-corrected chi connectivity index (χ2v) is 7.79. The number of rotatable bonds is 8. The van der Waals surface area contributed by atoms with Crippen molar-refractivity contribution in [3.05, 3.63) is 65.2 Å². The van der Waals surface area contributed by atoms with Gasteiger partial charge in [0, 0.05) is 41.2 Å². The van der Waals surface area contributed by atoms with Gasteiger partial charge in [-0.15, -0.1) is 0 Å². The minimum Gasteiger partial charge on any atom is -0.497 e. The summed E-state index contributed by atoms with van der Waals surface area (Å²) in [6.07, 6.45) is 4.48. The van der Waals surface area contributed by atoms with E-state index < -0.39 is 0 Å². The molecule has 0 bridgehead atoms. The van der Waals surface area contributed by atoms with Gasteiger partial charge in [0.1, 0.15) is 12.4 Å². The lowest BCUT2D eigenvalue weighted by Crippen LogP contribution is -2.48. The average Bonchev–Trinajstić information content (AvgIpc) is 2.79. The van der Waals surface area contributed by atoms with Crippen LogP contribution in [0.5, 0.6) is 5.75 Å². The van der Waals surface area contributed by atoms with Gasteiger partial charge in [0.25, 0.3) is 0 Å². The van der Waals surface area contributed by atoms with Gasteiger partial charge in [0.15, 0.2) is 5.78 Å². The first-order valence-electron chi connectivity index (χ1n) is 10.5. The molecular weight excluding hydrogens is 392 g/mol. The minimum atomic E-state index is -0.240. The molecule has 1 aliphatic rings. The van der Waals surface area contributed by atoms with Crippen LogP contribution < -0.4 is 15.4 Å². The number of ketones is 1. The molecule has 164 valence electrons. The maximum absolute atomic E-state index is 13.0. The molecule has 0 saturated carbocycles. The zero-order chi connectivity index (χ0) is 22.4. The number of nitrogens with one attached hydrogen (secondary N) is 2. The van der Waals surface area contributed by atoms with Gasteiger partial charge < -0.3 is 20.1 Å². The maximum Gasteiger partial charge on any atom is 0.250 e. The number of allylic oxidation sites excluding steroid dienone is 1. The summed E-state index contributed by atoms with van der Waals surface area (Å²) in [6.45, 7) is 4.32. The van der Waals surface area contributed by atoms with Crippen LogP contribution in [-0.4, -0.2) is 38.1 Å². The molecule has 0 saturated heterocycles. The van der Waals surface area contributed by atoms with Crippen molar-refractivity contribution in [2.24, 2.45) is 0 Å². The Morgan fingerprint density at radius 1 is 1.10 bits per heavy atom. The number of carbonyl (C=O) groups is 2. The number of fused-ring (bicyclic) bond motifs is 1. The summed E-state index contributed by atoms with van der Waals surface area (Å²) in [5, 5.41) is 6.36. The Labute approximate surface area is 183 Å². The summed E-state index contributed by atoms with van der Waals surface area (Å²) >= 11 is 0. The Balaban J connectivity index is 1.90. The second-order valence-electron chi connectivity index (χ2n) is 7.79. The monoisotopic (exact) mass is 422 g/mol. The van der Waals surface area contributed by atoms with Crippen molar-refractivity contribution in [3.63, 3.8) is 0 Å². The summed E-state index contributed by atoms with van der Waals surface area (Å²) < 4.78 is 10.2. The number of benzene rings is 2. The molecule has 1 aliphatic heterocycles. The normalized spacial score (nSPS) is 15.7. The van der Waals surface area contributed by atoms with Gasteiger partial charge in [0.2, 0.25) is 5.91 Å². The summed E-state index contributed by atoms with van der Waals surface area (Å²) in [7, 11) is 3.11. The quantitative estimate of drug-likeness (QED) is 0.492. The number of carbonyl (C=O) groups excluding carboxylic acids is 2. The number of anilines is 1. The standard InChI is InChI=1S/C25H30N2O4/c1-5-25(6-2)15-18-9-12-20(31-4)13-21(18)22(27-25)14-23(28)17-7-10-19(11-8-17)26-24(29)16-30-3/h7-14,27H,5-6,15-16H2,1-4H3,(H,26,29). The van der Waals surface area contributed by atoms with Crippen LogP contribution in [0.15, 0.2) is 48.5 Å². The predicted octanol–water partition coefficient (Wildman–Crippen LogP) is 4.21. The van der Waals surface area contributed by atoms with Crippen molar-refractivity contribution < 1.29 is 19.1 Å². The number of methoxy groups -OCH3 is 2. The molecule has 1 amide bonds. The molecular formula is C25H30N2O4. The summed E-state index contributed by atoms with van der Waals surface area (Å²) in [5.74, 6) is 0.417. The van der Waals surface area contributed by atoms with Crippen molar-refractivity contribution in [2.75, 3.05) is 26.1 Å². The van der Waals surface area contributed by atoms with E-state index in [-0.39, 0.29) is 23.8 Å². The zero-order valence-corrected chi connectivity index (χ0v) is 18.6. The molecule has 0 unspecified atom stereocenters. The Hall–Kier alpha value is -3.12. The van der Waals surface area contributed by atoms with Crippen LogP contribution in [0.4, 0.5) is 5.69 Å².